The highest BCUT2D eigenvalue weighted by atomic mass is 16.1. The average Bonchev–Trinajstić information content (AvgIpc) is 2.12. The summed E-state index contributed by atoms with van der Waals surface area (Å²) in [4.78, 5) is 11.7. The maximum Gasteiger partial charge on any atom is 0.295 e. The van der Waals surface area contributed by atoms with Crippen molar-refractivity contribution in [3.63, 3.8) is 0 Å². The molecule has 0 spiro atoms. The normalized spacial score (nSPS) is 11.1. The molecule has 0 radical (unpaired) electrons. The lowest BCUT2D eigenvalue weighted by Crippen LogP contribution is -2.35. The molecule has 0 saturated heterocycles. The number of nitrogens with zero attached hydrogens (tertiary/aromatic N) is 3. The van der Waals surface area contributed by atoms with Crippen molar-refractivity contribution >= 4 is 5.95 Å². The van der Waals surface area contributed by atoms with Crippen LogP contribution in [-0.4, -0.2) is 20.9 Å². The highest BCUT2D eigenvalue weighted by molar-refractivity contribution is 5.26. The largest absolute Gasteiger partial charge is 0.351 e. The third-order valence-corrected chi connectivity index (χ3v) is 1.88. The summed E-state index contributed by atoms with van der Waals surface area (Å²) >= 11 is 0. The van der Waals surface area contributed by atoms with Gasteiger partial charge in [0.05, 0.1) is 0 Å². The Bertz CT molecular complexity index is 396. The highest BCUT2D eigenvalue weighted by Crippen LogP contribution is 2.06. The molecule has 0 saturated carbocycles. The van der Waals surface area contributed by atoms with Gasteiger partial charge >= 0.3 is 0 Å². The van der Waals surface area contributed by atoms with Gasteiger partial charge in [0.1, 0.15) is 5.69 Å². The summed E-state index contributed by atoms with van der Waals surface area (Å²) in [6, 6.07) is 0.151. The first-order chi connectivity index (χ1) is 6.93. The summed E-state index contributed by atoms with van der Waals surface area (Å²) in [5, 5.41) is 10.7. The van der Waals surface area contributed by atoms with Gasteiger partial charge < -0.3 is 11.2 Å². The number of aromatic nitrogens is 3. The molecule has 1 aromatic heterocycles. The quantitative estimate of drug-likeness (QED) is 0.702. The van der Waals surface area contributed by atoms with Gasteiger partial charge in [-0.3, -0.25) is 4.79 Å². The van der Waals surface area contributed by atoms with Gasteiger partial charge in [-0.25, -0.2) is 0 Å². The number of anilines is 1. The molecule has 1 heterocycles. The Labute approximate surface area is 88.5 Å². The highest BCUT2D eigenvalue weighted by Gasteiger charge is 2.12. The van der Waals surface area contributed by atoms with Crippen molar-refractivity contribution < 1.29 is 0 Å². The zero-order valence-corrected chi connectivity index (χ0v) is 9.48. The van der Waals surface area contributed by atoms with Crippen LogP contribution in [0.1, 0.15) is 39.3 Å². The lowest BCUT2D eigenvalue weighted by Gasteiger charge is -2.12. The number of rotatable bonds is 3. The van der Waals surface area contributed by atoms with E-state index in [0.29, 0.717) is 11.6 Å². The Balaban J connectivity index is 3.16. The first kappa shape index (κ1) is 11.5. The molecule has 0 aromatic carbocycles. The van der Waals surface area contributed by atoms with Crippen molar-refractivity contribution in [2.24, 2.45) is 0 Å². The minimum Gasteiger partial charge on any atom is -0.351 e. The minimum atomic E-state index is -0.303. The fraction of sp³-hybridized carbons (Fsp3) is 0.667. The third kappa shape index (κ3) is 2.45. The fourth-order valence-electron chi connectivity index (χ4n) is 1.13. The molecule has 0 bridgehead atoms. The van der Waals surface area contributed by atoms with E-state index in [1.165, 1.54) is 0 Å². The first-order valence-electron chi connectivity index (χ1n) is 4.94. The van der Waals surface area contributed by atoms with E-state index >= 15 is 0 Å². The van der Waals surface area contributed by atoms with E-state index in [0.717, 1.165) is 4.68 Å². The summed E-state index contributed by atoms with van der Waals surface area (Å²) in [6.45, 7) is 7.62. The van der Waals surface area contributed by atoms with E-state index in [4.69, 9.17) is 5.84 Å². The van der Waals surface area contributed by atoms with Crippen LogP contribution in [0.4, 0.5) is 5.95 Å². The Morgan fingerprint density at radius 1 is 1.27 bits per heavy atom. The fourth-order valence-corrected chi connectivity index (χ4v) is 1.13. The second kappa shape index (κ2) is 4.29. The van der Waals surface area contributed by atoms with Crippen molar-refractivity contribution in [3.8, 4) is 0 Å². The van der Waals surface area contributed by atoms with Crippen LogP contribution < -0.4 is 16.7 Å². The molecule has 6 heteroatoms. The number of nitrogens with one attached hydrogen (secondary N) is 1. The van der Waals surface area contributed by atoms with E-state index in [9.17, 15) is 4.79 Å². The number of nitrogens with two attached hydrogens (primary N) is 1. The summed E-state index contributed by atoms with van der Waals surface area (Å²) in [7, 11) is 0. The second-order valence-electron chi connectivity index (χ2n) is 4.04. The smallest absolute Gasteiger partial charge is 0.295 e. The monoisotopic (exact) mass is 211 g/mol. The summed E-state index contributed by atoms with van der Waals surface area (Å²) in [5.74, 6) is 5.92. The number of hydrogen-bond acceptors (Lipinski definition) is 5. The molecule has 0 fully saturated rings. The predicted octanol–water partition coefficient (Wildman–Crippen LogP) is 0.296. The molecule has 84 valence electrons. The van der Waals surface area contributed by atoms with Crippen LogP contribution in [0.15, 0.2) is 4.79 Å². The molecule has 0 aliphatic carbocycles. The Hall–Kier alpha value is -1.59. The first-order valence-corrected chi connectivity index (χ1v) is 4.94. The van der Waals surface area contributed by atoms with Crippen molar-refractivity contribution in [1.29, 1.82) is 0 Å². The molecule has 0 amide bonds. The molecule has 6 nitrogen and oxygen atoms in total. The second-order valence-corrected chi connectivity index (χ2v) is 4.04. The van der Waals surface area contributed by atoms with Gasteiger partial charge in [0.25, 0.3) is 5.56 Å². The van der Waals surface area contributed by atoms with Crippen LogP contribution in [0.25, 0.3) is 0 Å². The number of hydrogen-bond donors (Lipinski definition) is 2. The standard InChI is InChI=1S/C9H17N5O/c1-5(2)7-8(15)14(10)9(13-12-7)11-6(3)4/h5-6H,10H2,1-4H3,(H,11,13). The number of nitrogen functional groups attached to an aromatic ring is 1. The molecular weight excluding hydrogens is 194 g/mol. The SMILES string of the molecule is CC(C)Nc1nnc(C(C)C)c(=O)n1N. The Morgan fingerprint density at radius 3 is 2.33 bits per heavy atom. The molecule has 0 atom stereocenters. The molecule has 0 unspecified atom stereocenters. The lowest BCUT2D eigenvalue weighted by molar-refractivity contribution is 0.702. The molecule has 0 aliphatic heterocycles. The molecule has 15 heavy (non-hydrogen) atoms. The average molecular weight is 211 g/mol. The van der Waals surface area contributed by atoms with E-state index in [-0.39, 0.29) is 17.5 Å². The van der Waals surface area contributed by atoms with Gasteiger partial charge in [0.15, 0.2) is 0 Å². The maximum absolute atomic E-state index is 11.7. The zero-order valence-electron chi connectivity index (χ0n) is 9.48. The van der Waals surface area contributed by atoms with Gasteiger partial charge in [0.2, 0.25) is 5.95 Å². The van der Waals surface area contributed by atoms with Crippen LogP contribution in [-0.2, 0) is 0 Å². The van der Waals surface area contributed by atoms with Gasteiger partial charge in [0, 0.05) is 12.0 Å². The van der Waals surface area contributed by atoms with E-state index in [1.54, 1.807) is 0 Å². The Morgan fingerprint density at radius 2 is 1.87 bits per heavy atom. The molecule has 0 aliphatic rings. The summed E-state index contributed by atoms with van der Waals surface area (Å²) in [6.07, 6.45) is 0. The molecule has 1 rings (SSSR count). The Kier molecular flexibility index (Phi) is 3.28. The van der Waals surface area contributed by atoms with Crippen molar-refractivity contribution in [2.45, 2.75) is 39.7 Å². The van der Waals surface area contributed by atoms with Gasteiger partial charge in [-0.1, -0.05) is 13.8 Å². The van der Waals surface area contributed by atoms with E-state index in [1.807, 2.05) is 27.7 Å². The lowest BCUT2D eigenvalue weighted by atomic mass is 10.1. The van der Waals surface area contributed by atoms with Crippen LogP contribution in [0.2, 0.25) is 0 Å². The van der Waals surface area contributed by atoms with E-state index in [2.05, 4.69) is 15.5 Å². The van der Waals surface area contributed by atoms with Crippen molar-refractivity contribution in [3.05, 3.63) is 16.0 Å². The van der Waals surface area contributed by atoms with Gasteiger partial charge in [-0.2, -0.15) is 4.68 Å². The van der Waals surface area contributed by atoms with Crippen molar-refractivity contribution in [1.82, 2.24) is 14.9 Å². The van der Waals surface area contributed by atoms with Crippen LogP contribution in [0, 0.1) is 0 Å². The topological polar surface area (TPSA) is 85.8 Å². The zero-order chi connectivity index (χ0) is 11.6. The summed E-state index contributed by atoms with van der Waals surface area (Å²) in [5.41, 5.74) is 0.0787. The van der Waals surface area contributed by atoms with Crippen LogP contribution in [0.5, 0.6) is 0 Å². The van der Waals surface area contributed by atoms with Crippen molar-refractivity contribution in [2.75, 3.05) is 11.2 Å². The van der Waals surface area contributed by atoms with Gasteiger partial charge in [-0.05, 0) is 13.8 Å². The minimum absolute atomic E-state index is 0.0212. The predicted molar refractivity (Wildman–Crippen MR) is 59.3 cm³/mol. The maximum atomic E-state index is 11.7. The molecule has 1 aromatic rings. The third-order valence-electron chi connectivity index (χ3n) is 1.88. The van der Waals surface area contributed by atoms with Gasteiger partial charge in [-0.15, -0.1) is 10.2 Å². The van der Waals surface area contributed by atoms with E-state index < -0.39 is 0 Å². The van der Waals surface area contributed by atoms with Crippen LogP contribution in [0.3, 0.4) is 0 Å². The molecule has 3 N–H and O–H groups in total. The van der Waals surface area contributed by atoms with Crippen LogP contribution >= 0.6 is 0 Å². The summed E-state index contributed by atoms with van der Waals surface area (Å²) < 4.78 is 1.00. The molecular formula is C9H17N5O.